The van der Waals surface area contributed by atoms with Crippen molar-refractivity contribution in [2.24, 2.45) is 0 Å². The van der Waals surface area contributed by atoms with Gasteiger partial charge in [-0.15, -0.1) is 0 Å². The molecule has 3 nitrogen and oxygen atoms in total. The zero-order valence-corrected chi connectivity index (χ0v) is 14.2. The van der Waals surface area contributed by atoms with Crippen LogP contribution in [-0.2, 0) is 9.53 Å². The molecular formula is C20H30O3. The van der Waals surface area contributed by atoms with Gasteiger partial charge in [0.25, 0.3) is 0 Å². The van der Waals surface area contributed by atoms with Crippen LogP contribution in [0.25, 0.3) is 0 Å². The van der Waals surface area contributed by atoms with Crippen molar-refractivity contribution in [2.45, 2.75) is 70.5 Å². The molecule has 1 aliphatic rings. The summed E-state index contributed by atoms with van der Waals surface area (Å²) in [6.45, 7) is 2.20. The second-order valence-corrected chi connectivity index (χ2v) is 5.81. The molecule has 2 atom stereocenters. The van der Waals surface area contributed by atoms with Crippen LogP contribution in [0.1, 0.15) is 58.3 Å². The maximum Gasteiger partial charge on any atom is 0.306 e. The highest BCUT2D eigenvalue weighted by Gasteiger charge is 2.20. The topological polar surface area (TPSA) is 46.5 Å². The summed E-state index contributed by atoms with van der Waals surface area (Å²) in [6.07, 6.45) is 21.7. The van der Waals surface area contributed by atoms with Crippen LogP contribution in [0.4, 0.5) is 0 Å². The van der Waals surface area contributed by atoms with Crippen LogP contribution in [0, 0.1) is 0 Å². The van der Waals surface area contributed by atoms with E-state index >= 15 is 0 Å². The summed E-state index contributed by atoms with van der Waals surface area (Å²) in [5.41, 5.74) is 0. The fraction of sp³-hybridized carbons (Fsp3) is 0.550. The third-order valence-electron chi connectivity index (χ3n) is 3.69. The first-order valence-corrected chi connectivity index (χ1v) is 8.76. The van der Waals surface area contributed by atoms with Crippen molar-refractivity contribution in [3.63, 3.8) is 0 Å². The van der Waals surface area contributed by atoms with Crippen molar-refractivity contribution in [1.29, 1.82) is 0 Å². The molecule has 0 aliphatic carbocycles. The summed E-state index contributed by atoms with van der Waals surface area (Å²) < 4.78 is 5.35. The number of aliphatic hydroxyl groups is 1. The average Bonchev–Trinajstić information content (AvgIpc) is 2.54. The van der Waals surface area contributed by atoms with E-state index in [9.17, 15) is 9.90 Å². The summed E-state index contributed by atoms with van der Waals surface area (Å²) in [7, 11) is 0. The van der Waals surface area contributed by atoms with Crippen LogP contribution >= 0.6 is 0 Å². The van der Waals surface area contributed by atoms with E-state index in [2.05, 4.69) is 13.0 Å². The zero-order valence-electron chi connectivity index (χ0n) is 14.2. The first-order chi connectivity index (χ1) is 11.2. The Bertz CT molecular complexity index is 432. The monoisotopic (exact) mass is 318 g/mol. The van der Waals surface area contributed by atoms with Gasteiger partial charge in [0.1, 0.15) is 6.10 Å². The summed E-state index contributed by atoms with van der Waals surface area (Å²) in [5, 5.41) is 10.1. The van der Waals surface area contributed by atoms with E-state index in [1.807, 2.05) is 36.5 Å². The molecule has 0 aromatic carbocycles. The van der Waals surface area contributed by atoms with Gasteiger partial charge in [-0.05, 0) is 38.2 Å². The second-order valence-electron chi connectivity index (χ2n) is 5.81. The van der Waals surface area contributed by atoms with E-state index in [1.54, 1.807) is 6.08 Å². The minimum atomic E-state index is -0.692. The van der Waals surface area contributed by atoms with Gasteiger partial charge in [0.05, 0.1) is 6.10 Å². The van der Waals surface area contributed by atoms with E-state index in [4.69, 9.17) is 4.74 Å². The van der Waals surface area contributed by atoms with Gasteiger partial charge in [-0.25, -0.2) is 0 Å². The molecule has 0 radical (unpaired) electrons. The summed E-state index contributed by atoms with van der Waals surface area (Å²) in [4.78, 5) is 11.7. The highest BCUT2D eigenvalue weighted by Crippen LogP contribution is 2.12. The molecule has 0 spiro atoms. The number of esters is 1. The maximum absolute atomic E-state index is 11.7. The third-order valence-corrected chi connectivity index (χ3v) is 3.69. The Morgan fingerprint density at radius 3 is 2.87 bits per heavy atom. The second kappa shape index (κ2) is 12.9. The normalized spacial score (nSPS) is 23.8. The lowest BCUT2D eigenvalue weighted by molar-refractivity contribution is -0.151. The van der Waals surface area contributed by atoms with Gasteiger partial charge in [-0.3, -0.25) is 4.79 Å². The van der Waals surface area contributed by atoms with Gasteiger partial charge in [0.2, 0.25) is 0 Å². The molecule has 1 N–H and O–H groups in total. The average molecular weight is 318 g/mol. The van der Waals surface area contributed by atoms with Gasteiger partial charge in [-0.1, -0.05) is 62.3 Å². The summed E-state index contributed by atoms with van der Waals surface area (Å²) in [6, 6.07) is 0. The smallest absolute Gasteiger partial charge is 0.306 e. The maximum atomic E-state index is 11.7. The van der Waals surface area contributed by atoms with E-state index in [0.717, 1.165) is 19.3 Å². The van der Waals surface area contributed by atoms with Crippen molar-refractivity contribution in [3.8, 4) is 0 Å². The predicted octanol–water partition coefficient (Wildman–Crippen LogP) is 4.64. The Kier molecular flexibility index (Phi) is 10.9. The molecule has 0 saturated heterocycles. The number of hydrogen-bond donors (Lipinski definition) is 1. The van der Waals surface area contributed by atoms with Crippen molar-refractivity contribution in [3.05, 3.63) is 48.6 Å². The number of aliphatic hydroxyl groups excluding tert-OH is 1. The number of rotatable bonds is 7. The Labute approximate surface area is 140 Å². The standard InChI is InChI=1S/C20H30O3/c1-2-3-4-5-6-7-8-9-13-16-19-18(21)15-12-10-11-14-17-20(22)23-19/h6-10,12-13,16,18-19,21H,2-5,11,14-15,17H2,1H3. The van der Waals surface area contributed by atoms with Gasteiger partial charge >= 0.3 is 5.97 Å². The number of unbranched alkanes of at least 4 members (excludes halogenated alkanes) is 3. The molecule has 0 saturated carbocycles. The summed E-state index contributed by atoms with van der Waals surface area (Å²) in [5.74, 6) is -0.242. The predicted molar refractivity (Wildman–Crippen MR) is 95.1 cm³/mol. The molecule has 128 valence electrons. The molecule has 3 heteroatoms. The van der Waals surface area contributed by atoms with E-state index in [0.29, 0.717) is 12.8 Å². The third kappa shape index (κ3) is 9.90. The molecule has 0 aromatic heterocycles. The fourth-order valence-corrected chi connectivity index (χ4v) is 2.30. The molecular weight excluding hydrogens is 288 g/mol. The molecule has 23 heavy (non-hydrogen) atoms. The largest absolute Gasteiger partial charge is 0.455 e. The molecule has 1 rings (SSSR count). The Morgan fingerprint density at radius 1 is 1.22 bits per heavy atom. The highest BCUT2D eigenvalue weighted by atomic mass is 16.6. The van der Waals surface area contributed by atoms with Gasteiger partial charge in [0, 0.05) is 6.42 Å². The first-order valence-electron chi connectivity index (χ1n) is 8.76. The van der Waals surface area contributed by atoms with Crippen molar-refractivity contribution in [2.75, 3.05) is 0 Å². The highest BCUT2D eigenvalue weighted by molar-refractivity contribution is 5.69. The molecule has 0 amide bonds. The lowest BCUT2D eigenvalue weighted by Crippen LogP contribution is -2.29. The Morgan fingerprint density at radius 2 is 2.04 bits per heavy atom. The van der Waals surface area contributed by atoms with E-state index in [1.165, 1.54) is 19.3 Å². The molecule has 0 bridgehead atoms. The van der Waals surface area contributed by atoms with E-state index < -0.39 is 12.2 Å². The number of carbonyl (C=O) groups excluding carboxylic acids is 1. The van der Waals surface area contributed by atoms with Crippen LogP contribution in [0.5, 0.6) is 0 Å². The SMILES string of the molecule is CCCCCC=CC=CC=CC1OC(=O)CCCC=CCC1O. The lowest BCUT2D eigenvalue weighted by atomic mass is 10.1. The molecule has 0 fully saturated rings. The van der Waals surface area contributed by atoms with E-state index in [-0.39, 0.29) is 5.97 Å². The summed E-state index contributed by atoms with van der Waals surface area (Å²) >= 11 is 0. The quantitative estimate of drug-likeness (QED) is 0.322. The molecule has 1 heterocycles. The van der Waals surface area contributed by atoms with Crippen molar-refractivity contribution < 1.29 is 14.6 Å². The minimum absolute atomic E-state index is 0.242. The lowest BCUT2D eigenvalue weighted by Gasteiger charge is -2.20. The van der Waals surface area contributed by atoms with Crippen LogP contribution < -0.4 is 0 Å². The van der Waals surface area contributed by atoms with Crippen LogP contribution in [-0.4, -0.2) is 23.3 Å². The van der Waals surface area contributed by atoms with Crippen LogP contribution in [0.2, 0.25) is 0 Å². The van der Waals surface area contributed by atoms with Crippen LogP contribution in [0.3, 0.4) is 0 Å². The number of ether oxygens (including phenoxy) is 1. The number of carbonyl (C=O) groups is 1. The Hall–Kier alpha value is -1.61. The van der Waals surface area contributed by atoms with Gasteiger partial charge < -0.3 is 9.84 Å². The number of hydrogen-bond acceptors (Lipinski definition) is 3. The van der Waals surface area contributed by atoms with Crippen molar-refractivity contribution in [1.82, 2.24) is 0 Å². The van der Waals surface area contributed by atoms with Gasteiger partial charge in [-0.2, -0.15) is 0 Å². The number of allylic oxidation sites excluding steroid dienone is 6. The molecule has 0 aromatic rings. The fourth-order valence-electron chi connectivity index (χ4n) is 2.30. The van der Waals surface area contributed by atoms with Gasteiger partial charge in [0.15, 0.2) is 0 Å². The van der Waals surface area contributed by atoms with Crippen molar-refractivity contribution >= 4 is 5.97 Å². The zero-order chi connectivity index (χ0) is 16.8. The Balaban J connectivity index is 2.44. The minimum Gasteiger partial charge on any atom is -0.455 e. The molecule has 1 aliphatic heterocycles. The number of cyclic esters (lactones) is 1. The first kappa shape index (κ1) is 19.4. The molecule has 2 unspecified atom stereocenters. The van der Waals surface area contributed by atoms with Crippen LogP contribution in [0.15, 0.2) is 48.6 Å².